The minimum absolute atomic E-state index is 0.227. The maximum atomic E-state index is 13.0. The van der Waals surface area contributed by atoms with Gasteiger partial charge < -0.3 is 10.1 Å². The van der Waals surface area contributed by atoms with Crippen LogP contribution in [-0.4, -0.2) is 23.0 Å². The van der Waals surface area contributed by atoms with E-state index >= 15 is 0 Å². The maximum Gasteiger partial charge on any atom is 0.339 e. The molecule has 2 aromatic carbocycles. The number of halogens is 1. The van der Waals surface area contributed by atoms with Crippen LogP contribution in [0.15, 0.2) is 54.6 Å². The zero-order valence-corrected chi connectivity index (χ0v) is 16.0. The molecule has 4 rings (SSSR count). The Labute approximate surface area is 167 Å². The number of rotatable bonds is 6. The molecule has 6 heteroatoms. The Morgan fingerprint density at radius 3 is 2.62 bits per heavy atom. The number of nitrogens with zero attached hydrogens (tertiary/aromatic N) is 1. The van der Waals surface area contributed by atoms with E-state index in [9.17, 15) is 14.0 Å². The first-order chi connectivity index (χ1) is 14.0. The first-order valence-electron chi connectivity index (χ1n) is 9.64. The lowest BCUT2D eigenvalue weighted by molar-refractivity contribution is -0.129. The summed E-state index contributed by atoms with van der Waals surface area (Å²) in [6, 6.07) is 15.1. The summed E-state index contributed by atoms with van der Waals surface area (Å²) in [4.78, 5) is 29.8. The topological polar surface area (TPSA) is 68.3 Å². The number of hydrogen-bond donors (Lipinski definition) is 1. The SMILES string of the molecule is C[C@H](OC(=O)c1cc(C2CC2)nc2ccccc12)C(=O)NCc1ccc(F)cc1. The van der Waals surface area contributed by atoms with Crippen LogP contribution in [-0.2, 0) is 16.1 Å². The molecular weight excluding hydrogens is 371 g/mol. The largest absolute Gasteiger partial charge is 0.449 e. The average Bonchev–Trinajstić information content (AvgIpc) is 3.57. The number of nitrogens with one attached hydrogen (secondary N) is 1. The van der Waals surface area contributed by atoms with E-state index in [1.54, 1.807) is 18.2 Å². The van der Waals surface area contributed by atoms with Crippen LogP contribution in [0.25, 0.3) is 10.9 Å². The van der Waals surface area contributed by atoms with Crippen LogP contribution in [0.5, 0.6) is 0 Å². The highest BCUT2D eigenvalue weighted by Crippen LogP contribution is 2.40. The fourth-order valence-electron chi connectivity index (χ4n) is 3.17. The molecule has 1 aliphatic rings. The van der Waals surface area contributed by atoms with E-state index in [1.165, 1.54) is 19.1 Å². The van der Waals surface area contributed by atoms with Gasteiger partial charge in [0.2, 0.25) is 0 Å². The molecule has 0 bridgehead atoms. The number of amides is 1. The molecule has 1 atom stereocenters. The molecule has 29 heavy (non-hydrogen) atoms. The molecule has 1 aliphatic carbocycles. The number of ether oxygens (including phenoxy) is 1. The minimum Gasteiger partial charge on any atom is -0.449 e. The molecule has 1 saturated carbocycles. The minimum atomic E-state index is -0.959. The Balaban J connectivity index is 1.45. The first-order valence-corrected chi connectivity index (χ1v) is 9.64. The molecule has 5 nitrogen and oxygen atoms in total. The molecule has 0 unspecified atom stereocenters. The number of para-hydroxylation sites is 1. The Hall–Kier alpha value is -3.28. The molecule has 1 heterocycles. The second-order valence-corrected chi connectivity index (χ2v) is 7.28. The van der Waals surface area contributed by atoms with Gasteiger partial charge in [0, 0.05) is 23.5 Å². The van der Waals surface area contributed by atoms with E-state index < -0.39 is 18.0 Å². The van der Waals surface area contributed by atoms with E-state index in [-0.39, 0.29) is 12.4 Å². The summed E-state index contributed by atoms with van der Waals surface area (Å²) in [6.45, 7) is 1.76. The first kappa shape index (κ1) is 19.1. The summed E-state index contributed by atoms with van der Waals surface area (Å²) in [5, 5.41) is 3.41. The number of carbonyl (C=O) groups is 2. The van der Waals surface area contributed by atoms with E-state index in [0.29, 0.717) is 16.9 Å². The Morgan fingerprint density at radius 1 is 1.17 bits per heavy atom. The standard InChI is InChI=1S/C23H21FN2O3/c1-14(22(27)25-13-15-6-10-17(24)11-7-15)29-23(28)19-12-21(16-8-9-16)26-20-5-3-2-4-18(19)20/h2-7,10-12,14,16H,8-9,13H2,1H3,(H,25,27)/t14-/m0/s1. The van der Waals surface area contributed by atoms with Crippen molar-refractivity contribution in [2.24, 2.45) is 0 Å². The third-order valence-electron chi connectivity index (χ3n) is 4.98. The number of pyridine rings is 1. The number of hydrogen-bond acceptors (Lipinski definition) is 4. The smallest absolute Gasteiger partial charge is 0.339 e. The van der Waals surface area contributed by atoms with E-state index in [4.69, 9.17) is 4.74 Å². The van der Waals surface area contributed by atoms with Gasteiger partial charge >= 0.3 is 5.97 Å². The number of benzene rings is 2. The molecule has 1 N–H and O–H groups in total. The van der Waals surface area contributed by atoms with Gasteiger partial charge in [0.05, 0.1) is 11.1 Å². The Morgan fingerprint density at radius 2 is 1.90 bits per heavy atom. The summed E-state index contributed by atoms with van der Waals surface area (Å²) in [7, 11) is 0. The maximum absolute atomic E-state index is 13.0. The van der Waals surface area contributed by atoms with Crippen molar-refractivity contribution in [1.29, 1.82) is 0 Å². The van der Waals surface area contributed by atoms with E-state index in [2.05, 4.69) is 10.3 Å². The predicted molar refractivity (Wildman–Crippen MR) is 107 cm³/mol. The molecule has 1 amide bonds. The second-order valence-electron chi connectivity index (χ2n) is 7.28. The van der Waals surface area contributed by atoms with Crippen molar-refractivity contribution in [3.63, 3.8) is 0 Å². The number of esters is 1. The van der Waals surface area contributed by atoms with Gasteiger partial charge in [0.15, 0.2) is 6.10 Å². The van der Waals surface area contributed by atoms with Gasteiger partial charge in [-0.25, -0.2) is 9.18 Å². The number of carbonyl (C=O) groups excluding carboxylic acids is 2. The normalized spacial score (nSPS) is 14.4. The van der Waals surface area contributed by atoms with Crippen molar-refractivity contribution in [2.75, 3.05) is 0 Å². The van der Waals surface area contributed by atoms with Gasteiger partial charge in [-0.05, 0) is 49.6 Å². The molecule has 3 aromatic rings. The van der Waals surface area contributed by atoms with Crippen molar-refractivity contribution < 1.29 is 18.7 Å². The molecule has 0 spiro atoms. The predicted octanol–water partition coefficient (Wildman–Crippen LogP) is 4.11. The van der Waals surface area contributed by atoms with Gasteiger partial charge in [0.25, 0.3) is 5.91 Å². The van der Waals surface area contributed by atoms with Crippen LogP contribution in [0.2, 0.25) is 0 Å². The Bertz CT molecular complexity index is 1060. The third-order valence-corrected chi connectivity index (χ3v) is 4.98. The van der Waals surface area contributed by atoms with Crippen molar-refractivity contribution in [1.82, 2.24) is 10.3 Å². The lowest BCUT2D eigenvalue weighted by atomic mass is 10.1. The lowest BCUT2D eigenvalue weighted by Gasteiger charge is -2.15. The Kier molecular flexibility index (Phi) is 5.25. The molecule has 0 aliphatic heterocycles. The summed E-state index contributed by atoms with van der Waals surface area (Å²) < 4.78 is 18.4. The second kappa shape index (κ2) is 7.99. The third kappa shape index (κ3) is 4.42. The summed E-state index contributed by atoms with van der Waals surface area (Å²) >= 11 is 0. The van der Waals surface area contributed by atoms with Crippen LogP contribution >= 0.6 is 0 Å². The molecule has 0 radical (unpaired) electrons. The van der Waals surface area contributed by atoms with Crippen molar-refractivity contribution in [2.45, 2.75) is 38.3 Å². The summed E-state index contributed by atoms with van der Waals surface area (Å²) in [5.74, 6) is -0.904. The zero-order chi connectivity index (χ0) is 20.4. The molecular formula is C23H21FN2O3. The molecule has 1 aromatic heterocycles. The van der Waals surface area contributed by atoms with Crippen molar-refractivity contribution in [3.05, 3.63) is 77.2 Å². The fraction of sp³-hybridized carbons (Fsp3) is 0.261. The average molecular weight is 392 g/mol. The van der Waals surface area contributed by atoms with Crippen LogP contribution in [0.1, 0.15) is 47.3 Å². The van der Waals surface area contributed by atoms with Gasteiger partial charge in [-0.15, -0.1) is 0 Å². The fourth-order valence-corrected chi connectivity index (χ4v) is 3.17. The molecule has 148 valence electrons. The number of fused-ring (bicyclic) bond motifs is 1. The highest BCUT2D eigenvalue weighted by Gasteiger charge is 2.28. The van der Waals surface area contributed by atoms with Crippen molar-refractivity contribution >= 4 is 22.8 Å². The summed E-state index contributed by atoms with van der Waals surface area (Å²) in [5.41, 5.74) is 2.82. The zero-order valence-electron chi connectivity index (χ0n) is 16.0. The monoisotopic (exact) mass is 392 g/mol. The van der Waals surface area contributed by atoms with E-state index in [1.807, 2.05) is 24.3 Å². The quantitative estimate of drug-likeness (QED) is 0.641. The lowest BCUT2D eigenvalue weighted by Crippen LogP contribution is -2.35. The van der Waals surface area contributed by atoms with E-state index in [0.717, 1.165) is 29.6 Å². The highest BCUT2D eigenvalue weighted by atomic mass is 19.1. The van der Waals surface area contributed by atoms with Gasteiger partial charge in [-0.2, -0.15) is 0 Å². The van der Waals surface area contributed by atoms with Crippen LogP contribution in [0.3, 0.4) is 0 Å². The number of aromatic nitrogens is 1. The van der Waals surface area contributed by atoms with Crippen LogP contribution in [0, 0.1) is 5.82 Å². The van der Waals surface area contributed by atoms with Crippen LogP contribution < -0.4 is 5.32 Å². The summed E-state index contributed by atoms with van der Waals surface area (Å²) in [6.07, 6.45) is 1.18. The van der Waals surface area contributed by atoms with Gasteiger partial charge in [-0.3, -0.25) is 9.78 Å². The van der Waals surface area contributed by atoms with Gasteiger partial charge in [0.1, 0.15) is 5.82 Å². The highest BCUT2D eigenvalue weighted by molar-refractivity contribution is 6.04. The van der Waals surface area contributed by atoms with Crippen LogP contribution in [0.4, 0.5) is 4.39 Å². The van der Waals surface area contributed by atoms with Crippen molar-refractivity contribution in [3.8, 4) is 0 Å². The molecule has 1 fully saturated rings. The van der Waals surface area contributed by atoms with Gasteiger partial charge in [-0.1, -0.05) is 30.3 Å². The molecule has 0 saturated heterocycles.